The second-order valence-corrected chi connectivity index (χ2v) is 11.6. The van der Waals surface area contributed by atoms with Crippen LogP contribution in [-0.4, -0.2) is 56.4 Å². The van der Waals surface area contributed by atoms with Crippen molar-refractivity contribution in [3.05, 3.63) is 65.7 Å². The summed E-state index contributed by atoms with van der Waals surface area (Å²) in [5.41, 5.74) is 3.58. The van der Waals surface area contributed by atoms with Gasteiger partial charge >= 0.3 is 0 Å². The van der Waals surface area contributed by atoms with Gasteiger partial charge in [-0.15, -0.1) is 0 Å². The monoisotopic (exact) mass is 469 g/mol. The van der Waals surface area contributed by atoms with Crippen molar-refractivity contribution in [2.75, 3.05) is 36.8 Å². The Labute approximate surface area is 197 Å². The third-order valence-corrected chi connectivity index (χ3v) is 9.17. The zero-order chi connectivity index (χ0) is 23.1. The van der Waals surface area contributed by atoms with E-state index in [-0.39, 0.29) is 23.3 Å². The predicted molar refractivity (Wildman–Crippen MR) is 133 cm³/mol. The number of rotatable bonds is 9. The van der Waals surface area contributed by atoms with Gasteiger partial charge < -0.3 is 10.2 Å². The second-order valence-electron chi connectivity index (χ2n) is 9.17. The Balaban J connectivity index is 1.25. The molecule has 1 aliphatic carbocycles. The van der Waals surface area contributed by atoms with Crippen molar-refractivity contribution in [3.63, 3.8) is 0 Å². The maximum Gasteiger partial charge on any atom is 0.221 e. The van der Waals surface area contributed by atoms with E-state index in [1.807, 2.05) is 24.3 Å². The Kier molecular flexibility index (Phi) is 8.04. The van der Waals surface area contributed by atoms with Crippen molar-refractivity contribution in [1.29, 1.82) is 0 Å². The van der Waals surface area contributed by atoms with E-state index < -0.39 is 9.84 Å². The number of nitrogens with one attached hydrogen (secondary N) is 1. The molecule has 1 saturated carbocycles. The van der Waals surface area contributed by atoms with Crippen LogP contribution in [0.2, 0.25) is 0 Å². The van der Waals surface area contributed by atoms with Crippen LogP contribution in [0.3, 0.4) is 0 Å². The molecule has 2 aliphatic rings. The lowest BCUT2D eigenvalue weighted by Gasteiger charge is -2.36. The van der Waals surface area contributed by atoms with Gasteiger partial charge in [-0.3, -0.25) is 9.69 Å². The molecule has 1 N–H and O–H groups in total. The van der Waals surface area contributed by atoms with Gasteiger partial charge in [0, 0.05) is 51.4 Å². The van der Waals surface area contributed by atoms with Gasteiger partial charge in [0.15, 0.2) is 9.84 Å². The molecule has 2 fully saturated rings. The lowest BCUT2D eigenvalue weighted by Crippen LogP contribution is -2.46. The summed E-state index contributed by atoms with van der Waals surface area (Å²) in [6.07, 6.45) is 3.50. The number of sulfone groups is 1. The first-order valence-electron chi connectivity index (χ1n) is 12.1. The standard InChI is InChI=1S/C26H35N3O3S/c30-26(14-19-33(31,32)25-12-6-7-13-25)27-20-22-8-4-5-9-23(22)21-28-15-17-29(18-16-28)24-10-2-1-3-11-24/h1-5,8-11,25H,6-7,12-21H2,(H,27,30). The van der Waals surface area contributed by atoms with Crippen molar-refractivity contribution in [2.24, 2.45) is 0 Å². The highest BCUT2D eigenvalue weighted by molar-refractivity contribution is 7.92. The van der Waals surface area contributed by atoms with Crippen molar-refractivity contribution in [2.45, 2.75) is 50.4 Å². The Morgan fingerprint density at radius 2 is 1.52 bits per heavy atom. The van der Waals surface area contributed by atoms with Crippen molar-refractivity contribution in [3.8, 4) is 0 Å². The SMILES string of the molecule is O=C(CCS(=O)(=O)C1CCCC1)NCc1ccccc1CN1CCN(c2ccccc2)CC1. The van der Waals surface area contributed by atoms with Crippen LogP contribution in [0.4, 0.5) is 5.69 Å². The van der Waals surface area contributed by atoms with Gasteiger partial charge in [-0.2, -0.15) is 0 Å². The predicted octanol–water partition coefficient (Wildman–Crippen LogP) is 3.37. The Bertz CT molecular complexity index is 1010. The normalized spacial score (nSPS) is 17.9. The van der Waals surface area contributed by atoms with E-state index >= 15 is 0 Å². The largest absolute Gasteiger partial charge is 0.369 e. The summed E-state index contributed by atoms with van der Waals surface area (Å²) in [5, 5.41) is 2.70. The van der Waals surface area contributed by atoms with Gasteiger partial charge in [0.1, 0.15) is 0 Å². The molecule has 6 nitrogen and oxygen atoms in total. The number of amides is 1. The summed E-state index contributed by atoms with van der Waals surface area (Å²) in [5.74, 6) is -0.237. The van der Waals surface area contributed by atoms with E-state index in [1.54, 1.807) is 0 Å². The van der Waals surface area contributed by atoms with Crippen LogP contribution in [0.15, 0.2) is 54.6 Å². The number of carbonyl (C=O) groups is 1. The molecule has 178 valence electrons. The molecular weight excluding hydrogens is 434 g/mol. The number of benzene rings is 2. The van der Waals surface area contributed by atoms with E-state index in [2.05, 4.69) is 45.4 Å². The number of hydrogen-bond acceptors (Lipinski definition) is 5. The lowest BCUT2D eigenvalue weighted by atomic mass is 10.1. The number of hydrogen-bond donors (Lipinski definition) is 1. The molecule has 4 rings (SSSR count). The molecule has 0 unspecified atom stereocenters. The van der Waals surface area contributed by atoms with Crippen LogP contribution < -0.4 is 10.2 Å². The van der Waals surface area contributed by atoms with E-state index in [1.165, 1.54) is 11.3 Å². The molecule has 0 bridgehead atoms. The summed E-state index contributed by atoms with van der Waals surface area (Å²) in [7, 11) is -3.16. The first-order chi connectivity index (χ1) is 16.0. The smallest absolute Gasteiger partial charge is 0.221 e. The molecule has 1 amide bonds. The third kappa shape index (κ3) is 6.58. The molecule has 33 heavy (non-hydrogen) atoms. The average Bonchev–Trinajstić information content (AvgIpc) is 3.40. The molecular formula is C26H35N3O3S. The second kappa shape index (κ2) is 11.2. The minimum atomic E-state index is -3.16. The first kappa shape index (κ1) is 23.8. The van der Waals surface area contributed by atoms with Crippen LogP contribution in [0.25, 0.3) is 0 Å². The average molecular weight is 470 g/mol. The fourth-order valence-corrected chi connectivity index (χ4v) is 6.71. The van der Waals surface area contributed by atoms with Gasteiger partial charge in [-0.05, 0) is 36.1 Å². The Morgan fingerprint density at radius 1 is 0.879 bits per heavy atom. The molecule has 1 heterocycles. The minimum absolute atomic E-state index is 0.0441. The van der Waals surface area contributed by atoms with Crippen molar-refractivity contribution >= 4 is 21.4 Å². The maximum absolute atomic E-state index is 12.4. The van der Waals surface area contributed by atoms with Gasteiger partial charge in [-0.1, -0.05) is 55.3 Å². The maximum atomic E-state index is 12.4. The number of anilines is 1. The zero-order valence-electron chi connectivity index (χ0n) is 19.3. The summed E-state index contributed by atoms with van der Waals surface area (Å²) < 4.78 is 24.8. The van der Waals surface area contributed by atoms with Crippen molar-refractivity contribution in [1.82, 2.24) is 10.2 Å². The van der Waals surface area contributed by atoms with E-state index in [9.17, 15) is 13.2 Å². The van der Waals surface area contributed by atoms with E-state index in [0.717, 1.165) is 64.0 Å². The number of para-hydroxylation sites is 1. The van der Waals surface area contributed by atoms with Crippen LogP contribution in [0, 0.1) is 0 Å². The summed E-state index contributed by atoms with van der Waals surface area (Å²) in [6, 6.07) is 18.7. The fraction of sp³-hybridized carbons (Fsp3) is 0.500. The van der Waals surface area contributed by atoms with E-state index in [0.29, 0.717) is 6.54 Å². The zero-order valence-corrected chi connectivity index (χ0v) is 20.1. The Hall–Kier alpha value is -2.38. The molecule has 0 atom stereocenters. The molecule has 0 spiro atoms. The van der Waals surface area contributed by atoms with Gasteiger partial charge in [-0.25, -0.2) is 8.42 Å². The highest BCUT2D eigenvalue weighted by Crippen LogP contribution is 2.25. The molecule has 0 radical (unpaired) electrons. The summed E-state index contributed by atoms with van der Waals surface area (Å²) in [4.78, 5) is 17.2. The van der Waals surface area contributed by atoms with Gasteiger partial charge in [0.05, 0.1) is 11.0 Å². The van der Waals surface area contributed by atoms with Crippen LogP contribution in [-0.2, 0) is 27.7 Å². The molecule has 1 saturated heterocycles. The highest BCUT2D eigenvalue weighted by atomic mass is 32.2. The third-order valence-electron chi connectivity index (χ3n) is 6.91. The molecule has 1 aliphatic heterocycles. The quantitative estimate of drug-likeness (QED) is 0.610. The fourth-order valence-electron chi connectivity index (χ4n) is 4.86. The highest BCUT2D eigenvalue weighted by Gasteiger charge is 2.28. The van der Waals surface area contributed by atoms with Crippen LogP contribution >= 0.6 is 0 Å². The van der Waals surface area contributed by atoms with Crippen LogP contribution in [0.1, 0.15) is 43.2 Å². The van der Waals surface area contributed by atoms with Gasteiger partial charge in [0.2, 0.25) is 5.91 Å². The topological polar surface area (TPSA) is 69.7 Å². The molecule has 0 aromatic heterocycles. The molecule has 2 aromatic carbocycles. The van der Waals surface area contributed by atoms with Gasteiger partial charge in [0.25, 0.3) is 0 Å². The van der Waals surface area contributed by atoms with Crippen molar-refractivity contribution < 1.29 is 13.2 Å². The minimum Gasteiger partial charge on any atom is -0.369 e. The Morgan fingerprint density at radius 3 is 2.21 bits per heavy atom. The molecule has 7 heteroatoms. The summed E-state index contributed by atoms with van der Waals surface area (Å²) in [6.45, 7) is 5.27. The number of piperazine rings is 1. The number of nitrogens with zero attached hydrogens (tertiary/aromatic N) is 2. The van der Waals surface area contributed by atoms with E-state index in [4.69, 9.17) is 0 Å². The first-order valence-corrected chi connectivity index (χ1v) is 13.8. The summed E-state index contributed by atoms with van der Waals surface area (Å²) >= 11 is 0. The number of carbonyl (C=O) groups excluding carboxylic acids is 1. The molecule has 2 aromatic rings. The lowest BCUT2D eigenvalue weighted by molar-refractivity contribution is -0.120. The van der Waals surface area contributed by atoms with Crippen LogP contribution in [0.5, 0.6) is 0 Å².